The average molecular weight is 295 g/mol. The maximum atomic E-state index is 12.6. The highest BCUT2D eigenvalue weighted by molar-refractivity contribution is 9.10. The molecular formula is C9H9BrF2N2O2. The molecule has 1 aromatic rings. The largest absolute Gasteiger partial charge is 0.465 e. The molecule has 7 heteroatoms. The lowest BCUT2D eigenvalue weighted by Gasteiger charge is -2.09. The summed E-state index contributed by atoms with van der Waals surface area (Å²) in [6, 6.07) is 1.25. The molecule has 0 aliphatic rings. The number of aromatic nitrogens is 1. The number of carbonyl (C=O) groups is 1. The standard InChI is InChI=1S/C9H9BrF2N2O2/c1-16-9(15)5-2-4(3-13)7(10)14-6(5)8(11)12/h2,8H,3,13H2,1H3. The van der Waals surface area contributed by atoms with Crippen LogP contribution in [0.1, 0.15) is 28.0 Å². The highest BCUT2D eigenvalue weighted by Crippen LogP contribution is 2.26. The van der Waals surface area contributed by atoms with Gasteiger partial charge in [0.2, 0.25) is 0 Å². The lowest BCUT2D eigenvalue weighted by molar-refractivity contribution is 0.0587. The number of alkyl halides is 2. The molecule has 1 rings (SSSR count). The first-order valence-electron chi connectivity index (χ1n) is 4.27. The van der Waals surface area contributed by atoms with Crippen LogP contribution in [-0.4, -0.2) is 18.1 Å². The smallest absolute Gasteiger partial charge is 0.339 e. The van der Waals surface area contributed by atoms with Gasteiger partial charge in [0.25, 0.3) is 6.43 Å². The van der Waals surface area contributed by atoms with Gasteiger partial charge in [-0.1, -0.05) is 0 Å². The van der Waals surface area contributed by atoms with Gasteiger partial charge in [0, 0.05) is 6.54 Å². The summed E-state index contributed by atoms with van der Waals surface area (Å²) in [6.45, 7) is 0.0844. The Hall–Kier alpha value is -1.08. The summed E-state index contributed by atoms with van der Waals surface area (Å²) >= 11 is 3.00. The van der Waals surface area contributed by atoms with Gasteiger partial charge in [-0.15, -0.1) is 0 Å². The van der Waals surface area contributed by atoms with E-state index in [9.17, 15) is 13.6 Å². The molecule has 1 aromatic heterocycles. The molecule has 0 spiro atoms. The molecule has 2 N–H and O–H groups in total. The molecule has 0 unspecified atom stereocenters. The van der Waals surface area contributed by atoms with Gasteiger partial charge < -0.3 is 10.5 Å². The van der Waals surface area contributed by atoms with Crippen molar-refractivity contribution in [1.29, 1.82) is 0 Å². The zero-order valence-electron chi connectivity index (χ0n) is 8.34. The summed E-state index contributed by atoms with van der Waals surface area (Å²) < 4.78 is 29.8. The lowest BCUT2D eigenvalue weighted by atomic mass is 10.1. The number of esters is 1. The third kappa shape index (κ3) is 2.53. The van der Waals surface area contributed by atoms with Crippen molar-refractivity contribution in [2.75, 3.05) is 7.11 Å². The van der Waals surface area contributed by atoms with Gasteiger partial charge in [0.15, 0.2) is 0 Å². The molecule has 88 valence electrons. The molecule has 0 saturated heterocycles. The first-order chi connectivity index (χ1) is 7.51. The summed E-state index contributed by atoms with van der Waals surface area (Å²) in [4.78, 5) is 14.9. The average Bonchev–Trinajstić information content (AvgIpc) is 2.27. The number of halogens is 3. The van der Waals surface area contributed by atoms with E-state index in [-0.39, 0.29) is 16.7 Å². The van der Waals surface area contributed by atoms with Crippen molar-refractivity contribution < 1.29 is 18.3 Å². The Morgan fingerprint density at radius 1 is 1.69 bits per heavy atom. The highest BCUT2D eigenvalue weighted by atomic mass is 79.9. The van der Waals surface area contributed by atoms with Crippen molar-refractivity contribution in [2.24, 2.45) is 5.73 Å². The minimum Gasteiger partial charge on any atom is -0.465 e. The third-order valence-electron chi connectivity index (χ3n) is 1.91. The van der Waals surface area contributed by atoms with Crippen LogP contribution in [0, 0.1) is 0 Å². The summed E-state index contributed by atoms with van der Waals surface area (Å²) in [5.41, 5.74) is 4.96. The second-order valence-electron chi connectivity index (χ2n) is 2.87. The van der Waals surface area contributed by atoms with Crippen LogP contribution >= 0.6 is 15.9 Å². The van der Waals surface area contributed by atoms with E-state index in [0.717, 1.165) is 7.11 Å². The fraction of sp³-hybridized carbons (Fsp3) is 0.333. The van der Waals surface area contributed by atoms with Gasteiger partial charge >= 0.3 is 5.97 Å². The van der Waals surface area contributed by atoms with Crippen molar-refractivity contribution in [3.05, 3.63) is 27.5 Å². The molecule has 0 radical (unpaired) electrons. The Morgan fingerprint density at radius 3 is 2.75 bits per heavy atom. The summed E-state index contributed by atoms with van der Waals surface area (Å²) in [7, 11) is 1.11. The third-order valence-corrected chi connectivity index (χ3v) is 2.60. The predicted molar refractivity (Wildman–Crippen MR) is 56.1 cm³/mol. The van der Waals surface area contributed by atoms with Crippen LogP contribution in [0.2, 0.25) is 0 Å². The van der Waals surface area contributed by atoms with Crippen molar-refractivity contribution in [2.45, 2.75) is 13.0 Å². The Balaban J connectivity index is 3.36. The molecule has 0 fully saturated rings. The predicted octanol–water partition coefficient (Wildman–Crippen LogP) is 2.03. The van der Waals surface area contributed by atoms with E-state index in [4.69, 9.17) is 5.73 Å². The van der Waals surface area contributed by atoms with Crippen LogP contribution in [0.4, 0.5) is 8.78 Å². The monoisotopic (exact) mass is 294 g/mol. The first kappa shape index (κ1) is 13.0. The first-order valence-corrected chi connectivity index (χ1v) is 5.06. The molecular weight excluding hydrogens is 286 g/mol. The minimum atomic E-state index is -2.85. The van der Waals surface area contributed by atoms with Crippen LogP contribution in [0.3, 0.4) is 0 Å². The number of nitrogens with zero attached hydrogens (tertiary/aromatic N) is 1. The van der Waals surface area contributed by atoms with Gasteiger partial charge in [0.1, 0.15) is 10.3 Å². The molecule has 0 atom stereocenters. The number of hydrogen-bond donors (Lipinski definition) is 1. The van der Waals surface area contributed by atoms with Crippen LogP contribution in [0.25, 0.3) is 0 Å². The van der Waals surface area contributed by atoms with E-state index in [0.29, 0.717) is 5.56 Å². The van der Waals surface area contributed by atoms with Crippen molar-refractivity contribution in [3.8, 4) is 0 Å². The normalized spacial score (nSPS) is 10.6. The van der Waals surface area contributed by atoms with Crippen LogP contribution in [0.5, 0.6) is 0 Å². The number of ether oxygens (including phenoxy) is 1. The highest BCUT2D eigenvalue weighted by Gasteiger charge is 2.22. The van der Waals surface area contributed by atoms with Crippen LogP contribution in [0.15, 0.2) is 10.7 Å². The SMILES string of the molecule is COC(=O)c1cc(CN)c(Br)nc1C(F)F. The van der Waals surface area contributed by atoms with Crippen molar-refractivity contribution >= 4 is 21.9 Å². The molecule has 0 aliphatic heterocycles. The van der Waals surface area contributed by atoms with E-state index < -0.39 is 18.1 Å². The van der Waals surface area contributed by atoms with E-state index in [1.165, 1.54) is 6.07 Å². The fourth-order valence-corrected chi connectivity index (χ4v) is 1.60. The van der Waals surface area contributed by atoms with Crippen LogP contribution < -0.4 is 5.73 Å². The van der Waals surface area contributed by atoms with E-state index in [2.05, 4.69) is 25.7 Å². The second kappa shape index (κ2) is 5.31. The topological polar surface area (TPSA) is 65.2 Å². The van der Waals surface area contributed by atoms with E-state index >= 15 is 0 Å². The van der Waals surface area contributed by atoms with Crippen molar-refractivity contribution in [3.63, 3.8) is 0 Å². The molecule has 0 saturated carbocycles. The van der Waals surface area contributed by atoms with E-state index in [1.807, 2.05) is 0 Å². The van der Waals surface area contributed by atoms with Gasteiger partial charge in [-0.25, -0.2) is 18.6 Å². The summed E-state index contributed by atoms with van der Waals surface area (Å²) in [6.07, 6.45) is -2.85. The summed E-state index contributed by atoms with van der Waals surface area (Å²) in [5.74, 6) is -0.856. The Bertz CT molecular complexity index is 413. The van der Waals surface area contributed by atoms with E-state index in [1.54, 1.807) is 0 Å². The number of nitrogens with two attached hydrogens (primary N) is 1. The number of methoxy groups -OCH3 is 1. The van der Waals surface area contributed by atoms with Crippen molar-refractivity contribution in [1.82, 2.24) is 4.98 Å². The number of carbonyl (C=O) groups excluding carboxylic acids is 1. The molecule has 1 heterocycles. The molecule has 4 nitrogen and oxygen atoms in total. The second-order valence-corrected chi connectivity index (χ2v) is 3.62. The molecule has 0 aromatic carbocycles. The zero-order valence-corrected chi connectivity index (χ0v) is 9.92. The molecule has 0 bridgehead atoms. The van der Waals surface area contributed by atoms with Gasteiger partial charge in [0.05, 0.1) is 12.7 Å². The number of rotatable bonds is 3. The fourth-order valence-electron chi connectivity index (χ4n) is 1.13. The van der Waals surface area contributed by atoms with Gasteiger partial charge in [-0.2, -0.15) is 0 Å². The molecule has 16 heavy (non-hydrogen) atoms. The Morgan fingerprint density at radius 2 is 2.31 bits per heavy atom. The summed E-state index contributed by atoms with van der Waals surface area (Å²) in [5, 5.41) is 0. The Labute approximate surface area is 98.9 Å². The number of hydrogen-bond acceptors (Lipinski definition) is 4. The maximum absolute atomic E-state index is 12.6. The minimum absolute atomic E-state index is 0.0844. The lowest BCUT2D eigenvalue weighted by Crippen LogP contribution is -2.11. The number of pyridine rings is 1. The molecule has 0 aliphatic carbocycles. The molecule has 0 amide bonds. The zero-order chi connectivity index (χ0) is 12.3. The van der Waals surface area contributed by atoms with Crippen LogP contribution in [-0.2, 0) is 11.3 Å². The quantitative estimate of drug-likeness (QED) is 0.684. The Kier molecular flexibility index (Phi) is 4.31. The van der Waals surface area contributed by atoms with Gasteiger partial charge in [-0.3, -0.25) is 0 Å². The maximum Gasteiger partial charge on any atom is 0.339 e. The van der Waals surface area contributed by atoms with Gasteiger partial charge in [-0.05, 0) is 27.6 Å².